The first kappa shape index (κ1) is 9.52. The number of hydrogen-bond acceptors (Lipinski definition) is 2. The predicted octanol–water partition coefficient (Wildman–Crippen LogP) is 1.03. The minimum Gasteiger partial charge on any atom is -0.372 e. The maximum Gasteiger partial charge on any atom is 0.222 e. The SMILES string of the molecule is CCC(=O)N1CC(C)O[C@@H](C)C1. The number of rotatable bonds is 1. The highest BCUT2D eigenvalue weighted by molar-refractivity contribution is 5.75. The van der Waals surface area contributed by atoms with Gasteiger partial charge in [-0.25, -0.2) is 0 Å². The first-order chi connectivity index (χ1) is 5.63. The van der Waals surface area contributed by atoms with Crippen molar-refractivity contribution in [3.8, 4) is 0 Å². The molecule has 0 aliphatic carbocycles. The van der Waals surface area contributed by atoms with Gasteiger partial charge >= 0.3 is 0 Å². The smallest absolute Gasteiger partial charge is 0.222 e. The minimum atomic E-state index is 0.184. The highest BCUT2D eigenvalue weighted by Crippen LogP contribution is 2.11. The van der Waals surface area contributed by atoms with E-state index in [-0.39, 0.29) is 18.1 Å². The molecule has 12 heavy (non-hydrogen) atoms. The van der Waals surface area contributed by atoms with E-state index in [9.17, 15) is 4.79 Å². The zero-order valence-electron chi connectivity index (χ0n) is 8.04. The van der Waals surface area contributed by atoms with E-state index in [2.05, 4.69) is 0 Å². The van der Waals surface area contributed by atoms with Crippen molar-refractivity contribution in [2.45, 2.75) is 39.4 Å². The van der Waals surface area contributed by atoms with Crippen molar-refractivity contribution in [1.82, 2.24) is 4.90 Å². The molecule has 0 aromatic heterocycles. The fourth-order valence-electron chi connectivity index (χ4n) is 1.61. The molecule has 0 bridgehead atoms. The van der Waals surface area contributed by atoms with E-state index < -0.39 is 0 Å². The summed E-state index contributed by atoms with van der Waals surface area (Å²) < 4.78 is 5.52. The summed E-state index contributed by atoms with van der Waals surface area (Å²) in [6, 6.07) is 0. The fraction of sp³-hybridized carbons (Fsp3) is 0.889. The molecule has 0 saturated carbocycles. The number of ether oxygens (including phenoxy) is 1. The van der Waals surface area contributed by atoms with Gasteiger partial charge in [0.25, 0.3) is 0 Å². The van der Waals surface area contributed by atoms with E-state index in [1.165, 1.54) is 0 Å². The number of nitrogens with zero attached hydrogens (tertiary/aromatic N) is 1. The van der Waals surface area contributed by atoms with E-state index in [4.69, 9.17) is 4.74 Å². The number of carbonyl (C=O) groups excluding carboxylic acids is 1. The van der Waals surface area contributed by atoms with Crippen molar-refractivity contribution in [3.05, 3.63) is 0 Å². The minimum absolute atomic E-state index is 0.184. The Labute approximate surface area is 73.7 Å². The van der Waals surface area contributed by atoms with Crippen molar-refractivity contribution < 1.29 is 9.53 Å². The van der Waals surface area contributed by atoms with E-state index in [1.54, 1.807) is 0 Å². The van der Waals surface area contributed by atoms with Crippen LogP contribution in [0.2, 0.25) is 0 Å². The topological polar surface area (TPSA) is 29.5 Å². The third kappa shape index (κ3) is 2.21. The summed E-state index contributed by atoms with van der Waals surface area (Å²) in [7, 11) is 0. The maximum atomic E-state index is 11.3. The van der Waals surface area contributed by atoms with Gasteiger partial charge in [0.1, 0.15) is 0 Å². The van der Waals surface area contributed by atoms with Gasteiger partial charge in [0.2, 0.25) is 5.91 Å². The second kappa shape index (κ2) is 3.90. The van der Waals surface area contributed by atoms with E-state index in [0.29, 0.717) is 6.42 Å². The highest BCUT2D eigenvalue weighted by atomic mass is 16.5. The lowest BCUT2D eigenvalue weighted by atomic mass is 10.2. The Morgan fingerprint density at radius 2 is 1.92 bits per heavy atom. The van der Waals surface area contributed by atoms with Crippen molar-refractivity contribution >= 4 is 5.91 Å². The molecule has 1 aliphatic heterocycles. The van der Waals surface area contributed by atoms with Crippen LogP contribution in [0.5, 0.6) is 0 Å². The molecule has 0 N–H and O–H groups in total. The number of morpholine rings is 1. The van der Waals surface area contributed by atoms with Crippen molar-refractivity contribution in [1.29, 1.82) is 0 Å². The molecule has 2 atom stereocenters. The molecule has 1 amide bonds. The molecule has 1 aliphatic rings. The zero-order valence-corrected chi connectivity index (χ0v) is 8.04. The lowest BCUT2D eigenvalue weighted by Gasteiger charge is -2.35. The second-order valence-electron chi connectivity index (χ2n) is 3.41. The van der Waals surface area contributed by atoms with Crippen LogP contribution >= 0.6 is 0 Å². The number of amides is 1. The molecule has 0 aromatic carbocycles. The van der Waals surface area contributed by atoms with Gasteiger partial charge in [-0.3, -0.25) is 4.79 Å². The molecular formula is C9H17NO2. The van der Waals surface area contributed by atoms with Crippen LogP contribution in [0.25, 0.3) is 0 Å². The van der Waals surface area contributed by atoms with Crippen LogP contribution < -0.4 is 0 Å². The lowest BCUT2D eigenvalue weighted by molar-refractivity contribution is -0.142. The van der Waals surface area contributed by atoms with Gasteiger partial charge in [-0.2, -0.15) is 0 Å². The van der Waals surface area contributed by atoms with Crippen LogP contribution in [0.15, 0.2) is 0 Å². The Bertz CT molecular complexity index is 160. The summed E-state index contributed by atoms with van der Waals surface area (Å²) in [4.78, 5) is 13.2. The predicted molar refractivity (Wildman–Crippen MR) is 46.9 cm³/mol. The summed E-state index contributed by atoms with van der Waals surface area (Å²) >= 11 is 0. The molecule has 0 radical (unpaired) electrons. The molecule has 1 rings (SSSR count). The normalized spacial score (nSPS) is 30.4. The average Bonchev–Trinajstić information content (AvgIpc) is 2.01. The molecule has 1 fully saturated rings. The summed E-state index contributed by atoms with van der Waals surface area (Å²) in [5.74, 6) is 0.233. The second-order valence-corrected chi connectivity index (χ2v) is 3.41. The number of carbonyl (C=O) groups is 1. The molecule has 1 heterocycles. The lowest BCUT2D eigenvalue weighted by Crippen LogP contribution is -2.47. The van der Waals surface area contributed by atoms with Crippen LogP contribution in [-0.2, 0) is 9.53 Å². The van der Waals surface area contributed by atoms with Crippen LogP contribution in [-0.4, -0.2) is 36.1 Å². The summed E-state index contributed by atoms with van der Waals surface area (Å²) in [6.45, 7) is 7.40. The van der Waals surface area contributed by atoms with E-state index >= 15 is 0 Å². The summed E-state index contributed by atoms with van der Waals surface area (Å²) in [6.07, 6.45) is 0.966. The molecule has 1 saturated heterocycles. The number of hydrogen-bond donors (Lipinski definition) is 0. The van der Waals surface area contributed by atoms with E-state index in [1.807, 2.05) is 25.7 Å². The maximum absolute atomic E-state index is 11.3. The largest absolute Gasteiger partial charge is 0.372 e. The van der Waals surface area contributed by atoms with Crippen LogP contribution in [0.4, 0.5) is 0 Å². The third-order valence-corrected chi connectivity index (χ3v) is 2.07. The standard InChI is InChI=1S/C9H17NO2/c1-4-9(11)10-5-7(2)12-8(3)6-10/h7-8H,4-6H2,1-3H3/t7-,8?/m0/s1. The van der Waals surface area contributed by atoms with Gasteiger partial charge in [-0.15, -0.1) is 0 Å². The van der Waals surface area contributed by atoms with Gasteiger partial charge in [0.05, 0.1) is 12.2 Å². The monoisotopic (exact) mass is 171 g/mol. The third-order valence-electron chi connectivity index (χ3n) is 2.07. The molecule has 0 aromatic rings. The van der Waals surface area contributed by atoms with Gasteiger partial charge in [-0.05, 0) is 13.8 Å². The molecule has 3 heteroatoms. The van der Waals surface area contributed by atoms with E-state index in [0.717, 1.165) is 13.1 Å². The fourth-order valence-corrected chi connectivity index (χ4v) is 1.61. The Balaban J connectivity index is 2.49. The van der Waals surface area contributed by atoms with Gasteiger partial charge in [0, 0.05) is 19.5 Å². The summed E-state index contributed by atoms with van der Waals surface area (Å²) in [5, 5.41) is 0. The molecule has 3 nitrogen and oxygen atoms in total. The van der Waals surface area contributed by atoms with Crippen LogP contribution in [0, 0.1) is 0 Å². The molecular weight excluding hydrogens is 154 g/mol. The highest BCUT2D eigenvalue weighted by Gasteiger charge is 2.24. The Kier molecular flexibility index (Phi) is 3.09. The molecule has 0 spiro atoms. The van der Waals surface area contributed by atoms with Crippen LogP contribution in [0.1, 0.15) is 27.2 Å². The van der Waals surface area contributed by atoms with Gasteiger partial charge in [-0.1, -0.05) is 6.92 Å². The zero-order chi connectivity index (χ0) is 9.14. The Morgan fingerprint density at radius 1 is 1.42 bits per heavy atom. The summed E-state index contributed by atoms with van der Waals surface area (Å²) in [5.41, 5.74) is 0. The van der Waals surface area contributed by atoms with Crippen LogP contribution in [0.3, 0.4) is 0 Å². The Morgan fingerprint density at radius 3 is 2.33 bits per heavy atom. The molecule has 1 unspecified atom stereocenters. The van der Waals surface area contributed by atoms with Crippen molar-refractivity contribution in [3.63, 3.8) is 0 Å². The average molecular weight is 171 g/mol. The first-order valence-electron chi connectivity index (χ1n) is 4.56. The van der Waals surface area contributed by atoms with Gasteiger partial charge in [0.15, 0.2) is 0 Å². The van der Waals surface area contributed by atoms with Crippen molar-refractivity contribution in [2.75, 3.05) is 13.1 Å². The quantitative estimate of drug-likeness (QED) is 0.589. The van der Waals surface area contributed by atoms with Crippen molar-refractivity contribution in [2.24, 2.45) is 0 Å². The first-order valence-corrected chi connectivity index (χ1v) is 4.56. The Hall–Kier alpha value is -0.570. The van der Waals surface area contributed by atoms with Gasteiger partial charge < -0.3 is 9.64 Å². The molecule has 70 valence electrons.